The molecule has 5 nitrogen and oxygen atoms in total. The second kappa shape index (κ2) is 8.83. The van der Waals surface area contributed by atoms with Crippen LogP contribution in [-0.2, 0) is 14.3 Å². The van der Waals surface area contributed by atoms with Crippen molar-refractivity contribution < 1.29 is 14.3 Å². The van der Waals surface area contributed by atoms with Gasteiger partial charge in [-0.3, -0.25) is 9.69 Å². The Morgan fingerprint density at radius 1 is 1.16 bits per heavy atom. The SMILES string of the molecule is CC(C)C(=O)N1CCOCC2(CN(CCCC3CCCC3)CCO2)C1. The number of rotatable bonds is 5. The average Bonchev–Trinajstić information content (AvgIpc) is 3.03. The molecule has 0 aromatic rings. The van der Waals surface area contributed by atoms with Gasteiger partial charge in [0.2, 0.25) is 5.91 Å². The zero-order valence-corrected chi connectivity index (χ0v) is 16.2. The van der Waals surface area contributed by atoms with Crippen molar-refractivity contribution in [1.82, 2.24) is 9.80 Å². The van der Waals surface area contributed by atoms with Gasteiger partial charge in [0.1, 0.15) is 5.60 Å². The van der Waals surface area contributed by atoms with Gasteiger partial charge in [-0.05, 0) is 25.3 Å². The summed E-state index contributed by atoms with van der Waals surface area (Å²) in [4.78, 5) is 17.0. The lowest BCUT2D eigenvalue weighted by molar-refractivity contribution is -0.153. The highest BCUT2D eigenvalue weighted by molar-refractivity contribution is 5.78. The molecule has 3 rings (SSSR count). The lowest BCUT2D eigenvalue weighted by atomic mass is 9.99. The van der Waals surface area contributed by atoms with E-state index in [0.717, 1.165) is 32.2 Å². The van der Waals surface area contributed by atoms with Crippen LogP contribution in [0.1, 0.15) is 52.4 Å². The molecule has 25 heavy (non-hydrogen) atoms. The number of morpholine rings is 1. The molecule has 0 radical (unpaired) electrons. The maximum absolute atomic E-state index is 12.5. The normalized spacial score (nSPS) is 29.5. The van der Waals surface area contributed by atoms with Gasteiger partial charge in [0.15, 0.2) is 0 Å². The number of carbonyl (C=O) groups is 1. The maximum Gasteiger partial charge on any atom is 0.225 e. The van der Waals surface area contributed by atoms with Crippen molar-refractivity contribution >= 4 is 5.91 Å². The molecule has 3 aliphatic rings. The summed E-state index contributed by atoms with van der Waals surface area (Å²) in [5.41, 5.74) is -0.341. The molecule has 144 valence electrons. The van der Waals surface area contributed by atoms with Crippen molar-refractivity contribution in [1.29, 1.82) is 0 Å². The van der Waals surface area contributed by atoms with Gasteiger partial charge in [-0.25, -0.2) is 0 Å². The van der Waals surface area contributed by atoms with Crippen molar-refractivity contribution in [3.8, 4) is 0 Å². The highest BCUT2D eigenvalue weighted by Gasteiger charge is 2.41. The fraction of sp³-hybridized carbons (Fsp3) is 0.950. The third kappa shape index (κ3) is 5.18. The molecule has 1 atom stereocenters. The van der Waals surface area contributed by atoms with E-state index >= 15 is 0 Å². The zero-order valence-electron chi connectivity index (χ0n) is 16.2. The van der Waals surface area contributed by atoms with Crippen LogP contribution in [0.4, 0.5) is 0 Å². The summed E-state index contributed by atoms with van der Waals surface area (Å²) in [5, 5.41) is 0. The Morgan fingerprint density at radius 3 is 2.72 bits per heavy atom. The molecule has 0 N–H and O–H groups in total. The molecular weight excluding hydrogens is 316 g/mol. The van der Waals surface area contributed by atoms with Crippen molar-refractivity contribution in [3.05, 3.63) is 0 Å². The van der Waals surface area contributed by atoms with Gasteiger partial charge in [-0.2, -0.15) is 0 Å². The number of hydrogen-bond acceptors (Lipinski definition) is 4. The Hall–Kier alpha value is -0.650. The van der Waals surface area contributed by atoms with E-state index in [1.807, 2.05) is 18.7 Å². The van der Waals surface area contributed by atoms with Crippen LogP contribution in [0, 0.1) is 11.8 Å². The Bertz CT molecular complexity index is 437. The van der Waals surface area contributed by atoms with Gasteiger partial charge >= 0.3 is 0 Å². The highest BCUT2D eigenvalue weighted by Crippen LogP contribution is 2.29. The van der Waals surface area contributed by atoms with Crippen LogP contribution in [-0.4, -0.2) is 73.9 Å². The first-order valence-corrected chi connectivity index (χ1v) is 10.3. The number of nitrogens with zero attached hydrogens (tertiary/aromatic N) is 2. The number of carbonyl (C=O) groups excluding carboxylic acids is 1. The lowest BCUT2D eigenvalue weighted by Crippen LogP contribution is -2.59. The van der Waals surface area contributed by atoms with Crippen molar-refractivity contribution in [2.24, 2.45) is 11.8 Å². The maximum atomic E-state index is 12.5. The van der Waals surface area contributed by atoms with Crippen LogP contribution in [0.25, 0.3) is 0 Å². The van der Waals surface area contributed by atoms with Crippen LogP contribution in [0.2, 0.25) is 0 Å². The summed E-state index contributed by atoms with van der Waals surface area (Å²) in [7, 11) is 0. The monoisotopic (exact) mass is 352 g/mol. The third-order valence-electron chi connectivity index (χ3n) is 6.04. The Morgan fingerprint density at radius 2 is 1.96 bits per heavy atom. The molecule has 0 aromatic heterocycles. The molecule has 1 saturated carbocycles. The Kier molecular flexibility index (Phi) is 6.75. The Balaban J connectivity index is 1.53. The lowest BCUT2D eigenvalue weighted by Gasteiger charge is -2.43. The quantitative estimate of drug-likeness (QED) is 0.763. The molecule has 0 bridgehead atoms. The van der Waals surface area contributed by atoms with E-state index in [1.54, 1.807) is 0 Å². The topological polar surface area (TPSA) is 42.0 Å². The number of ether oxygens (including phenoxy) is 2. The second-order valence-electron chi connectivity index (χ2n) is 8.57. The third-order valence-corrected chi connectivity index (χ3v) is 6.04. The number of amides is 1. The summed E-state index contributed by atoms with van der Waals surface area (Å²) in [6.45, 7) is 10.3. The van der Waals surface area contributed by atoms with Crippen molar-refractivity contribution in [2.75, 3.05) is 52.5 Å². The molecule has 2 aliphatic heterocycles. The van der Waals surface area contributed by atoms with Gasteiger partial charge in [0.05, 0.1) is 26.4 Å². The first-order chi connectivity index (χ1) is 12.1. The molecule has 2 saturated heterocycles. The molecule has 0 aromatic carbocycles. The fourth-order valence-corrected chi connectivity index (χ4v) is 4.66. The zero-order chi connectivity index (χ0) is 17.7. The summed E-state index contributed by atoms with van der Waals surface area (Å²) in [5.74, 6) is 1.21. The van der Waals surface area contributed by atoms with E-state index in [0.29, 0.717) is 26.3 Å². The van der Waals surface area contributed by atoms with Gasteiger partial charge < -0.3 is 14.4 Å². The average molecular weight is 353 g/mol. The molecule has 5 heteroatoms. The van der Waals surface area contributed by atoms with E-state index in [2.05, 4.69) is 4.90 Å². The first kappa shape index (κ1) is 19.1. The fourth-order valence-electron chi connectivity index (χ4n) is 4.66. The van der Waals surface area contributed by atoms with Crippen LogP contribution in [0.3, 0.4) is 0 Å². The van der Waals surface area contributed by atoms with E-state index in [-0.39, 0.29) is 17.4 Å². The van der Waals surface area contributed by atoms with E-state index in [4.69, 9.17) is 9.47 Å². The van der Waals surface area contributed by atoms with E-state index < -0.39 is 0 Å². The van der Waals surface area contributed by atoms with Crippen molar-refractivity contribution in [2.45, 2.75) is 58.0 Å². The van der Waals surface area contributed by atoms with Gasteiger partial charge in [-0.15, -0.1) is 0 Å². The standard InChI is InChI=1S/C20H36N2O3/c1-17(2)19(23)22-11-12-24-16-20(15-22)14-21(10-13-25-20)9-5-8-18-6-3-4-7-18/h17-18H,3-16H2,1-2H3. The van der Waals surface area contributed by atoms with E-state index in [1.165, 1.54) is 38.5 Å². The predicted molar refractivity (Wildman–Crippen MR) is 98.6 cm³/mol. The van der Waals surface area contributed by atoms with Crippen LogP contribution < -0.4 is 0 Å². The minimum absolute atomic E-state index is 0.0289. The molecule has 1 aliphatic carbocycles. The largest absolute Gasteiger partial charge is 0.376 e. The molecule has 1 amide bonds. The number of hydrogen-bond donors (Lipinski definition) is 0. The Labute approximate surface area is 153 Å². The van der Waals surface area contributed by atoms with Gasteiger partial charge in [0.25, 0.3) is 0 Å². The molecule has 1 unspecified atom stereocenters. The van der Waals surface area contributed by atoms with Gasteiger partial charge in [0, 0.05) is 25.6 Å². The smallest absolute Gasteiger partial charge is 0.225 e. The van der Waals surface area contributed by atoms with Crippen molar-refractivity contribution in [3.63, 3.8) is 0 Å². The summed E-state index contributed by atoms with van der Waals surface area (Å²) < 4.78 is 12.0. The van der Waals surface area contributed by atoms with Crippen LogP contribution in [0.5, 0.6) is 0 Å². The molecule has 2 heterocycles. The minimum Gasteiger partial charge on any atom is -0.376 e. The molecular formula is C20H36N2O3. The van der Waals surface area contributed by atoms with Crippen LogP contribution >= 0.6 is 0 Å². The van der Waals surface area contributed by atoms with Gasteiger partial charge in [-0.1, -0.05) is 39.5 Å². The minimum atomic E-state index is -0.341. The predicted octanol–water partition coefficient (Wildman–Crippen LogP) is 2.54. The first-order valence-electron chi connectivity index (χ1n) is 10.3. The molecule has 3 fully saturated rings. The van der Waals surface area contributed by atoms with Crippen LogP contribution in [0.15, 0.2) is 0 Å². The molecule has 1 spiro atoms. The highest BCUT2D eigenvalue weighted by atomic mass is 16.5. The summed E-state index contributed by atoms with van der Waals surface area (Å²) in [6.07, 6.45) is 8.40. The van der Waals surface area contributed by atoms with E-state index in [9.17, 15) is 4.79 Å². The summed E-state index contributed by atoms with van der Waals surface area (Å²) in [6, 6.07) is 0. The second-order valence-corrected chi connectivity index (χ2v) is 8.57. The summed E-state index contributed by atoms with van der Waals surface area (Å²) >= 11 is 0.